The standard InChI is InChI=1S/C11H19N5O2S/c1-2-18-11(17)9(12)5-6-19-7-10-13-14-15-16(10)8-3-4-8/h8-9H,2-7,12H2,1H3. The molecule has 1 fully saturated rings. The van der Waals surface area contributed by atoms with Crippen LogP contribution in [0.15, 0.2) is 0 Å². The molecule has 1 heterocycles. The predicted octanol–water partition coefficient (Wildman–Crippen LogP) is 0.522. The second-order valence-electron chi connectivity index (χ2n) is 4.47. The summed E-state index contributed by atoms with van der Waals surface area (Å²) in [6, 6.07) is -0.0423. The van der Waals surface area contributed by atoms with Crippen LogP contribution < -0.4 is 5.73 Å². The maximum atomic E-state index is 11.3. The second-order valence-corrected chi connectivity index (χ2v) is 5.58. The summed E-state index contributed by atoms with van der Waals surface area (Å²) < 4.78 is 6.76. The molecule has 1 aliphatic carbocycles. The normalized spacial score (nSPS) is 16.3. The van der Waals surface area contributed by atoms with Gasteiger partial charge in [0.15, 0.2) is 5.82 Å². The molecule has 0 aliphatic heterocycles. The molecule has 2 rings (SSSR count). The molecule has 106 valence electrons. The first kappa shape index (κ1) is 14.3. The molecule has 0 bridgehead atoms. The van der Waals surface area contributed by atoms with Crippen molar-refractivity contribution in [1.29, 1.82) is 0 Å². The number of esters is 1. The van der Waals surface area contributed by atoms with Crippen molar-refractivity contribution in [2.75, 3.05) is 12.4 Å². The molecule has 7 nitrogen and oxygen atoms in total. The highest BCUT2D eigenvalue weighted by molar-refractivity contribution is 7.98. The van der Waals surface area contributed by atoms with Crippen molar-refractivity contribution in [3.05, 3.63) is 5.82 Å². The molecule has 1 unspecified atom stereocenters. The van der Waals surface area contributed by atoms with Gasteiger partial charge in [0.05, 0.1) is 18.4 Å². The van der Waals surface area contributed by atoms with E-state index >= 15 is 0 Å². The van der Waals surface area contributed by atoms with Gasteiger partial charge in [-0.2, -0.15) is 11.8 Å². The fourth-order valence-corrected chi connectivity index (χ4v) is 2.59. The minimum atomic E-state index is -0.535. The Morgan fingerprint density at radius 2 is 2.42 bits per heavy atom. The predicted molar refractivity (Wildman–Crippen MR) is 71.5 cm³/mol. The zero-order chi connectivity index (χ0) is 13.7. The van der Waals surface area contributed by atoms with E-state index < -0.39 is 6.04 Å². The van der Waals surface area contributed by atoms with Gasteiger partial charge in [-0.3, -0.25) is 4.79 Å². The summed E-state index contributed by atoms with van der Waals surface area (Å²) in [5.41, 5.74) is 5.72. The van der Waals surface area contributed by atoms with Crippen molar-refractivity contribution in [3.8, 4) is 0 Å². The molecule has 0 aromatic carbocycles. The van der Waals surface area contributed by atoms with Crippen LogP contribution in [0.5, 0.6) is 0 Å². The quantitative estimate of drug-likeness (QED) is 0.549. The number of ether oxygens (including phenoxy) is 1. The van der Waals surface area contributed by atoms with Gasteiger partial charge in [0, 0.05) is 0 Å². The molecule has 8 heteroatoms. The Hall–Kier alpha value is -1.15. The van der Waals surface area contributed by atoms with Crippen LogP contribution in [0, 0.1) is 0 Å². The number of tetrazole rings is 1. The van der Waals surface area contributed by atoms with Crippen molar-refractivity contribution < 1.29 is 9.53 Å². The maximum absolute atomic E-state index is 11.3. The van der Waals surface area contributed by atoms with E-state index in [0.29, 0.717) is 19.1 Å². The van der Waals surface area contributed by atoms with Gasteiger partial charge in [0.2, 0.25) is 0 Å². The van der Waals surface area contributed by atoms with Crippen LogP contribution in [-0.4, -0.2) is 44.6 Å². The molecular weight excluding hydrogens is 266 g/mol. The third kappa shape index (κ3) is 4.17. The fraction of sp³-hybridized carbons (Fsp3) is 0.818. The molecule has 1 atom stereocenters. The number of aromatic nitrogens is 4. The Morgan fingerprint density at radius 1 is 1.63 bits per heavy atom. The van der Waals surface area contributed by atoms with Crippen LogP contribution in [0.25, 0.3) is 0 Å². The number of nitrogens with zero attached hydrogens (tertiary/aromatic N) is 4. The van der Waals surface area contributed by atoms with E-state index in [1.807, 2.05) is 4.68 Å². The van der Waals surface area contributed by atoms with E-state index in [1.54, 1.807) is 18.7 Å². The first-order valence-electron chi connectivity index (χ1n) is 6.49. The smallest absolute Gasteiger partial charge is 0.322 e. The summed E-state index contributed by atoms with van der Waals surface area (Å²) in [5, 5.41) is 11.7. The van der Waals surface area contributed by atoms with Crippen molar-refractivity contribution in [2.24, 2.45) is 5.73 Å². The van der Waals surface area contributed by atoms with Crippen molar-refractivity contribution in [1.82, 2.24) is 20.2 Å². The van der Waals surface area contributed by atoms with Crippen LogP contribution in [0.3, 0.4) is 0 Å². The number of thioether (sulfide) groups is 1. The Bertz CT molecular complexity index is 421. The lowest BCUT2D eigenvalue weighted by molar-refractivity contribution is -0.144. The zero-order valence-corrected chi connectivity index (χ0v) is 11.8. The van der Waals surface area contributed by atoms with E-state index in [2.05, 4.69) is 15.5 Å². The minimum Gasteiger partial charge on any atom is -0.465 e. The summed E-state index contributed by atoms with van der Waals surface area (Å²) in [6.07, 6.45) is 2.93. The highest BCUT2D eigenvalue weighted by Gasteiger charge is 2.27. The molecule has 0 spiro atoms. The van der Waals surface area contributed by atoms with Crippen LogP contribution in [0.2, 0.25) is 0 Å². The van der Waals surface area contributed by atoms with Gasteiger partial charge < -0.3 is 10.5 Å². The van der Waals surface area contributed by atoms with Gasteiger partial charge in [-0.05, 0) is 42.4 Å². The number of carbonyl (C=O) groups is 1. The molecule has 1 saturated carbocycles. The van der Waals surface area contributed by atoms with Gasteiger partial charge in [0.1, 0.15) is 6.04 Å². The van der Waals surface area contributed by atoms with Gasteiger partial charge in [0.25, 0.3) is 0 Å². The van der Waals surface area contributed by atoms with Crippen LogP contribution in [-0.2, 0) is 15.3 Å². The van der Waals surface area contributed by atoms with Crippen LogP contribution in [0.1, 0.15) is 38.1 Å². The number of nitrogens with two attached hydrogens (primary N) is 1. The summed E-state index contributed by atoms with van der Waals surface area (Å²) in [5.74, 6) is 2.11. The van der Waals surface area contributed by atoms with Crippen molar-refractivity contribution >= 4 is 17.7 Å². The fourth-order valence-electron chi connectivity index (χ4n) is 1.65. The maximum Gasteiger partial charge on any atom is 0.322 e. The lowest BCUT2D eigenvalue weighted by Crippen LogP contribution is -2.32. The Labute approximate surface area is 116 Å². The summed E-state index contributed by atoms with van der Waals surface area (Å²) in [7, 11) is 0. The number of carbonyl (C=O) groups excluding carboxylic acids is 1. The monoisotopic (exact) mass is 285 g/mol. The summed E-state index contributed by atoms with van der Waals surface area (Å²) in [6.45, 7) is 2.15. The molecule has 1 aromatic rings. The largest absolute Gasteiger partial charge is 0.465 e. The highest BCUT2D eigenvalue weighted by Crippen LogP contribution is 2.34. The average Bonchev–Trinajstić information content (AvgIpc) is 3.14. The first-order valence-corrected chi connectivity index (χ1v) is 7.64. The topological polar surface area (TPSA) is 95.9 Å². The summed E-state index contributed by atoms with van der Waals surface area (Å²) in [4.78, 5) is 11.3. The third-order valence-electron chi connectivity index (χ3n) is 2.85. The number of hydrogen-bond donors (Lipinski definition) is 1. The molecule has 0 radical (unpaired) electrons. The van der Waals surface area contributed by atoms with Crippen molar-refractivity contribution in [3.63, 3.8) is 0 Å². The first-order chi connectivity index (χ1) is 9.22. The highest BCUT2D eigenvalue weighted by atomic mass is 32.2. The molecule has 2 N–H and O–H groups in total. The molecule has 0 amide bonds. The van der Waals surface area contributed by atoms with Crippen LogP contribution >= 0.6 is 11.8 Å². The minimum absolute atomic E-state index is 0.328. The van der Waals surface area contributed by atoms with Gasteiger partial charge in [-0.15, -0.1) is 5.10 Å². The SMILES string of the molecule is CCOC(=O)C(N)CCSCc1nnnn1C1CC1. The Balaban J connectivity index is 1.66. The second kappa shape index (κ2) is 6.85. The number of hydrogen-bond acceptors (Lipinski definition) is 7. The van der Waals surface area contributed by atoms with Crippen molar-refractivity contribution in [2.45, 2.75) is 44.0 Å². The van der Waals surface area contributed by atoms with Gasteiger partial charge in [-0.25, -0.2) is 4.68 Å². The Morgan fingerprint density at radius 3 is 3.11 bits per heavy atom. The molecule has 1 aliphatic rings. The Kier molecular flexibility index (Phi) is 5.15. The molecular formula is C11H19N5O2S. The van der Waals surface area contributed by atoms with Crippen LogP contribution in [0.4, 0.5) is 0 Å². The van der Waals surface area contributed by atoms with E-state index in [-0.39, 0.29) is 5.97 Å². The van der Waals surface area contributed by atoms with E-state index in [1.165, 1.54) is 0 Å². The lowest BCUT2D eigenvalue weighted by Gasteiger charge is -2.09. The average molecular weight is 285 g/mol. The molecule has 19 heavy (non-hydrogen) atoms. The van der Waals surface area contributed by atoms with E-state index in [4.69, 9.17) is 10.5 Å². The zero-order valence-electron chi connectivity index (χ0n) is 11.0. The number of rotatable bonds is 8. The molecule has 0 saturated heterocycles. The van der Waals surface area contributed by atoms with Gasteiger partial charge >= 0.3 is 5.97 Å². The lowest BCUT2D eigenvalue weighted by atomic mass is 10.2. The third-order valence-corrected chi connectivity index (χ3v) is 3.83. The van der Waals surface area contributed by atoms with E-state index in [9.17, 15) is 4.79 Å². The summed E-state index contributed by atoms with van der Waals surface area (Å²) >= 11 is 1.68. The van der Waals surface area contributed by atoms with E-state index in [0.717, 1.165) is 30.2 Å². The van der Waals surface area contributed by atoms with Gasteiger partial charge in [-0.1, -0.05) is 0 Å². The molecule has 1 aromatic heterocycles.